The van der Waals surface area contributed by atoms with Gasteiger partial charge in [-0.3, -0.25) is 4.90 Å². The molecule has 0 spiro atoms. The van der Waals surface area contributed by atoms with E-state index in [0.717, 1.165) is 24.5 Å². The third-order valence-electron chi connectivity index (χ3n) is 2.91. The molecule has 0 bridgehead atoms. The molecule has 0 radical (unpaired) electrons. The van der Waals surface area contributed by atoms with E-state index < -0.39 is 0 Å². The number of benzene rings is 1. The Hall–Kier alpha value is -2.16. The predicted molar refractivity (Wildman–Crippen MR) is 75.2 cm³/mol. The Morgan fingerprint density at radius 1 is 1.37 bits per heavy atom. The van der Waals surface area contributed by atoms with Crippen molar-refractivity contribution in [3.8, 4) is 5.69 Å². The molecular formula is C14H17N5. The third-order valence-corrected chi connectivity index (χ3v) is 2.91. The van der Waals surface area contributed by atoms with Gasteiger partial charge in [-0.2, -0.15) is 0 Å². The Kier molecular flexibility index (Phi) is 4.29. The van der Waals surface area contributed by atoms with E-state index in [1.807, 2.05) is 42.1 Å². The van der Waals surface area contributed by atoms with Gasteiger partial charge in [-0.1, -0.05) is 12.1 Å². The van der Waals surface area contributed by atoms with Crippen molar-refractivity contribution in [2.45, 2.75) is 6.54 Å². The van der Waals surface area contributed by atoms with Gasteiger partial charge in [-0.15, -0.1) is 0 Å². The molecule has 2 rings (SSSR count). The molecule has 0 aliphatic rings. The van der Waals surface area contributed by atoms with Gasteiger partial charge in [-0.05, 0) is 19.2 Å². The molecule has 1 heterocycles. The number of likely N-dealkylation sites (N-methyl/N-ethyl adjacent to an activating group) is 1. The number of nitrogens with two attached hydrogens (primary N) is 1. The van der Waals surface area contributed by atoms with Crippen LogP contribution in [0, 0.1) is 6.57 Å². The van der Waals surface area contributed by atoms with Crippen molar-refractivity contribution in [2.24, 2.45) is 5.73 Å². The number of rotatable bonds is 5. The fourth-order valence-corrected chi connectivity index (χ4v) is 1.94. The van der Waals surface area contributed by atoms with Crippen LogP contribution in [-0.4, -0.2) is 34.6 Å². The number of nitrogens with zero attached hydrogens (tertiary/aromatic N) is 4. The fourth-order valence-electron chi connectivity index (χ4n) is 1.94. The van der Waals surface area contributed by atoms with Crippen LogP contribution in [0.5, 0.6) is 0 Å². The van der Waals surface area contributed by atoms with Crippen molar-refractivity contribution < 1.29 is 0 Å². The lowest BCUT2D eigenvalue weighted by Crippen LogP contribution is -2.25. The molecule has 5 heteroatoms. The lowest BCUT2D eigenvalue weighted by Gasteiger charge is -2.16. The second kappa shape index (κ2) is 6.14. The minimum atomic E-state index is 0.643. The number of hydrogen-bond acceptors (Lipinski definition) is 3. The van der Waals surface area contributed by atoms with Gasteiger partial charge in [0.25, 0.3) is 0 Å². The first kappa shape index (κ1) is 13.3. The summed E-state index contributed by atoms with van der Waals surface area (Å²) < 4.78 is 2.03. The number of aromatic nitrogens is 2. The molecule has 0 fully saturated rings. The lowest BCUT2D eigenvalue weighted by atomic mass is 10.2. The first-order chi connectivity index (χ1) is 9.24. The zero-order valence-electron chi connectivity index (χ0n) is 11.0. The highest BCUT2D eigenvalue weighted by Gasteiger charge is 2.07. The minimum absolute atomic E-state index is 0.643. The standard InChI is InChI=1S/C14H17N5/c1-16-12-3-5-13(6-4-12)19-11-17-9-14(19)10-18(2)8-7-15/h3-6,9,11H,7-8,10,15H2,2H3. The Balaban J connectivity index is 2.21. The Bertz CT molecular complexity index is 564. The van der Waals surface area contributed by atoms with Gasteiger partial charge in [0.1, 0.15) is 0 Å². The monoisotopic (exact) mass is 255 g/mol. The summed E-state index contributed by atoms with van der Waals surface area (Å²) in [6, 6.07) is 7.49. The Morgan fingerprint density at radius 2 is 2.11 bits per heavy atom. The van der Waals surface area contributed by atoms with E-state index in [-0.39, 0.29) is 0 Å². The van der Waals surface area contributed by atoms with E-state index in [4.69, 9.17) is 12.3 Å². The predicted octanol–water partition coefficient (Wildman–Crippen LogP) is 1.81. The van der Waals surface area contributed by atoms with Gasteiger partial charge in [0.2, 0.25) is 0 Å². The molecule has 1 aromatic heterocycles. The minimum Gasteiger partial charge on any atom is -0.329 e. The van der Waals surface area contributed by atoms with Crippen LogP contribution in [0.25, 0.3) is 10.5 Å². The highest BCUT2D eigenvalue weighted by molar-refractivity contribution is 5.49. The molecule has 0 saturated carbocycles. The maximum absolute atomic E-state index is 6.96. The van der Waals surface area contributed by atoms with Gasteiger partial charge in [0, 0.05) is 31.5 Å². The van der Waals surface area contributed by atoms with Crippen molar-refractivity contribution in [3.63, 3.8) is 0 Å². The normalized spacial score (nSPS) is 10.6. The zero-order valence-corrected chi connectivity index (χ0v) is 11.0. The molecule has 0 amide bonds. The van der Waals surface area contributed by atoms with Crippen molar-refractivity contribution in [2.75, 3.05) is 20.1 Å². The van der Waals surface area contributed by atoms with Gasteiger partial charge >= 0.3 is 0 Å². The van der Waals surface area contributed by atoms with Crippen LogP contribution in [0.15, 0.2) is 36.8 Å². The largest absolute Gasteiger partial charge is 0.329 e. The molecule has 19 heavy (non-hydrogen) atoms. The number of imidazole rings is 1. The summed E-state index contributed by atoms with van der Waals surface area (Å²) in [7, 11) is 2.03. The molecule has 98 valence electrons. The fraction of sp³-hybridized carbons (Fsp3) is 0.286. The average molecular weight is 255 g/mol. The van der Waals surface area contributed by atoms with Crippen LogP contribution in [0.4, 0.5) is 5.69 Å². The third kappa shape index (κ3) is 3.19. The average Bonchev–Trinajstić information content (AvgIpc) is 2.87. The van der Waals surface area contributed by atoms with Crippen molar-refractivity contribution in [3.05, 3.63) is 53.9 Å². The quantitative estimate of drug-likeness (QED) is 0.829. The van der Waals surface area contributed by atoms with E-state index in [9.17, 15) is 0 Å². The number of hydrogen-bond donors (Lipinski definition) is 1. The van der Waals surface area contributed by atoms with E-state index >= 15 is 0 Å². The van der Waals surface area contributed by atoms with Gasteiger partial charge < -0.3 is 10.3 Å². The smallest absolute Gasteiger partial charge is 0.187 e. The maximum Gasteiger partial charge on any atom is 0.187 e. The lowest BCUT2D eigenvalue weighted by molar-refractivity contribution is 0.330. The molecule has 0 unspecified atom stereocenters. The second-order valence-electron chi connectivity index (χ2n) is 4.41. The van der Waals surface area contributed by atoms with E-state index in [0.29, 0.717) is 12.2 Å². The van der Waals surface area contributed by atoms with E-state index in [2.05, 4.69) is 14.7 Å². The van der Waals surface area contributed by atoms with Gasteiger partial charge in [0.05, 0.1) is 18.6 Å². The topological polar surface area (TPSA) is 51.4 Å². The van der Waals surface area contributed by atoms with Crippen LogP contribution in [0.3, 0.4) is 0 Å². The van der Waals surface area contributed by atoms with Gasteiger partial charge in [-0.25, -0.2) is 9.83 Å². The second-order valence-corrected chi connectivity index (χ2v) is 4.41. The molecule has 0 atom stereocenters. The van der Waals surface area contributed by atoms with Crippen LogP contribution >= 0.6 is 0 Å². The van der Waals surface area contributed by atoms with E-state index in [1.165, 1.54) is 0 Å². The molecule has 1 aromatic carbocycles. The summed E-state index contributed by atoms with van der Waals surface area (Å²) in [5.74, 6) is 0. The molecule has 0 saturated heterocycles. The molecule has 2 N–H and O–H groups in total. The Morgan fingerprint density at radius 3 is 2.74 bits per heavy atom. The van der Waals surface area contributed by atoms with E-state index in [1.54, 1.807) is 6.33 Å². The van der Waals surface area contributed by atoms with Crippen LogP contribution in [0.2, 0.25) is 0 Å². The summed E-state index contributed by atoms with van der Waals surface area (Å²) in [5.41, 5.74) is 8.31. The molecule has 5 nitrogen and oxygen atoms in total. The highest BCUT2D eigenvalue weighted by Crippen LogP contribution is 2.17. The Labute approximate surface area is 113 Å². The van der Waals surface area contributed by atoms with Crippen LogP contribution in [0.1, 0.15) is 5.69 Å². The maximum atomic E-state index is 6.96. The first-order valence-corrected chi connectivity index (χ1v) is 6.12. The zero-order chi connectivity index (χ0) is 13.7. The van der Waals surface area contributed by atoms with Crippen molar-refractivity contribution in [1.82, 2.24) is 14.5 Å². The summed E-state index contributed by atoms with van der Waals surface area (Å²) in [4.78, 5) is 9.74. The molecular weight excluding hydrogens is 238 g/mol. The first-order valence-electron chi connectivity index (χ1n) is 6.12. The van der Waals surface area contributed by atoms with Crippen LogP contribution in [-0.2, 0) is 6.54 Å². The van der Waals surface area contributed by atoms with Crippen LogP contribution < -0.4 is 5.73 Å². The summed E-state index contributed by atoms with van der Waals surface area (Å²) >= 11 is 0. The SMILES string of the molecule is [C-]#[N+]c1ccc(-n2cncc2CN(C)CCN)cc1. The molecule has 0 aliphatic carbocycles. The highest BCUT2D eigenvalue weighted by atomic mass is 15.1. The van der Waals surface area contributed by atoms with Crippen molar-refractivity contribution >= 4 is 5.69 Å². The van der Waals surface area contributed by atoms with Gasteiger partial charge in [0.15, 0.2) is 5.69 Å². The summed E-state index contributed by atoms with van der Waals surface area (Å²) in [6.45, 7) is 9.24. The summed E-state index contributed by atoms with van der Waals surface area (Å²) in [6.07, 6.45) is 3.65. The summed E-state index contributed by atoms with van der Waals surface area (Å²) in [5, 5.41) is 0. The molecule has 2 aromatic rings. The molecule has 0 aliphatic heterocycles. The van der Waals surface area contributed by atoms with Crippen molar-refractivity contribution in [1.29, 1.82) is 0 Å².